The van der Waals surface area contributed by atoms with Gasteiger partial charge in [0.25, 0.3) is 5.56 Å². The van der Waals surface area contributed by atoms with Crippen molar-refractivity contribution in [3.8, 4) is 16.3 Å². The highest BCUT2D eigenvalue weighted by atomic mass is 32.1. The molecule has 39 heavy (non-hydrogen) atoms. The van der Waals surface area contributed by atoms with Crippen molar-refractivity contribution in [1.29, 1.82) is 0 Å². The average molecular weight is 550 g/mol. The van der Waals surface area contributed by atoms with Crippen LogP contribution in [-0.4, -0.2) is 85.5 Å². The first-order valence-corrected chi connectivity index (χ1v) is 13.2. The number of hydrogen-bond donors (Lipinski definition) is 3. The maximum atomic E-state index is 13.2. The van der Waals surface area contributed by atoms with E-state index in [9.17, 15) is 14.7 Å². The third kappa shape index (κ3) is 4.74. The highest BCUT2D eigenvalue weighted by molar-refractivity contribution is 7.21. The number of methoxy groups -OCH3 is 1. The maximum Gasteiger partial charge on any atom is 0.261 e. The molecule has 6 rings (SSSR count). The summed E-state index contributed by atoms with van der Waals surface area (Å²) in [5.41, 5.74) is 1.98. The molecule has 12 nitrogen and oxygen atoms in total. The van der Waals surface area contributed by atoms with Crippen LogP contribution >= 0.6 is 11.3 Å². The smallest absolute Gasteiger partial charge is 0.261 e. The number of aliphatic hydroxyl groups is 1. The molecule has 0 bridgehead atoms. The molecule has 1 aliphatic heterocycles. The van der Waals surface area contributed by atoms with E-state index in [-0.39, 0.29) is 30.7 Å². The van der Waals surface area contributed by atoms with E-state index >= 15 is 0 Å². The maximum absolute atomic E-state index is 13.2. The summed E-state index contributed by atoms with van der Waals surface area (Å²) >= 11 is 1.41. The lowest BCUT2D eigenvalue weighted by atomic mass is 10.1. The number of aliphatic hydroxyl groups excluding tert-OH is 1. The number of amides is 1. The van der Waals surface area contributed by atoms with Crippen molar-refractivity contribution in [1.82, 2.24) is 29.5 Å². The summed E-state index contributed by atoms with van der Waals surface area (Å²) < 4.78 is 12.9. The van der Waals surface area contributed by atoms with Gasteiger partial charge in [-0.25, -0.2) is 9.50 Å². The molecule has 1 amide bonds. The van der Waals surface area contributed by atoms with Crippen molar-refractivity contribution in [2.24, 2.45) is 0 Å². The molecule has 0 radical (unpaired) electrons. The first-order valence-electron chi connectivity index (χ1n) is 12.4. The Kier molecular flexibility index (Phi) is 6.30. The summed E-state index contributed by atoms with van der Waals surface area (Å²) in [6.45, 7) is 4.91. The van der Waals surface area contributed by atoms with Crippen molar-refractivity contribution in [2.45, 2.75) is 25.6 Å². The highest BCUT2D eigenvalue weighted by Crippen LogP contribution is 2.36. The minimum absolute atomic E-state index is 0.108. The Morgan fingerprint density at radius 1 is 1.36 bits per heavy atom. The quantitative estimate of drug-likeness (QED) is 0.290. The number of aromatic amines is 1. The largest absolute Gasteiger partial charge is 0.481 e. The molecule has 0 aliphatic carbocycles. The van der Waals surface area contributed by atoms with Crippen molar-refractivity contribution >= 4 is 49.7 Å². The van der Waals surface area contributed by atoms with Crippen LogP contribution in [0.3, 0.4) is 0 Å². The van der Waals surface area contributed by atoms with Gasteiger partial charge in [-0.3, -0.25) is 19.5 Å². The third-order valence-corrected chi connectivity index (χ3v) is 7.67. The van der Waals surface area contributed by atoms with Crippen LogP contribution in [-0.2, 0) is 9.53 Å². The predicted molar refractivity (Wildman–Crippen MR) is 147 cm³/mol. The number of thiazole rings is 1. The Hall–Kier alpha value is -3.91. The number of pyridine rings is 3. The van der Waals surface area contributed by atoms with Gasteiger partial charge in [0, 0.05) is 25.5 Å². The zero-order valence-corrected chi connectivity index (χ0v) is 22.4. The number of carbonyl (C=O) groups excluding carboxylic acids is 1. The molecule has 0 saturated carbocycles. The van der Waals surface area contributed by atoms with Gasteiger partial charge in [0.15, 0.2) is 0 Å². The van der Waals surface area contributed by atoms with E-state index in [1.54, 1.807) is 30.1 Å². The molecule has 0 spiro atoms. The summed E-state index contributed by atoms with van der Waals surface area (Å²) in [5, 5.41) is 17.5. The molecular weight excluding hydrogens is 522 g/mol. The van der Waals surface area contributed by atoms with Crippen molar-refractivity contribution in [3.05, 3.63) is 47.1 Å². The Morgan fingerprint density at radius 3 is 3.00 bits per heavy atom. The van der Waals surface area contributed by atoms with E-state index in [2.05, 4.69) is 25.4 Å². The average Bonchev–Trinajstić information content (AvgIpc) is 3.46. The number of aromatic nitrogens is 5. The predicted octanol–water partition coefficient (Wildman–Crippen LogP) is 2.27. The minimum Gasteiger partial charge on any atom is -0.481 e. The van der Waals surface area contributed by atoms with Crippen LogP contribution in [0.25, 0.3) is 37.2 Å². The second-order valence-corrected chi connectivity index (χ2v) is 11.1. The molecule has 0 aromatic carbocycles. The fourth-order valence-corrected chi connectivity index (χ4v) is 6.22. The molecule has 5 aromatic rings. The number of H-pyrrole nitrogens is 1. The van der Waals surface area contributed by atoms with Crippen LogP contribution < -0.4 is 15.6 Å². The van der Waals surface area contributed by atoms with Crippen LogP contribution in [0, 0.1) is 0 Å². The van der Waals surface area contributed by atoms with E-state index in [4.69, 9.17) is 9.47 Å². The highest BCUT2D eigenvalue weighted by Gasteiger charge is 2.33. The van der Waals surface area contributed by atoms with E-state index in [1.165, 1.54) is 11.3 Å². The van der Waals surface area contributed by atoms with Gasteiger partial charge in [-0.1, -0.05) is 0 Å². The fraction of sp³-hybridized carbons (Fsp3) is 0.346. The second-order valence-electron chi connectivity index (χ2n) is 10.1. The summed E-state index contributed by atoms with van der Waals surface area (Å²) in [4.78, 5) is 41.1. The van der Waals surface area contributed by atoms with E-state index < -0.39 is 5.60 Å². The van der Waals surface area contributed by atoms with Gasteiger partial charge in [0.2, 0.25) is 11.8 Å². The van der Waals surface area contributed by atoms with Crippen LogP contribution in [0.5, 0.6) is 5.88 Å². The molecule has 5 aromatic heterocycles. The van der Waals surface area contributed by atoms with Crippen LogP contribution in [0.4, 0.5) is 5.69 Å². The van der Waals surface area contributed by atoms with Crippen molar-refractivity contribution in [3.63, 3.8) is 0 Å². The van der Waals surface area contributed by atoms with Gasteiger partial charge in [-0.2, -0.15) is 5.10 Å². The lowest BCUT2D eigenvalue weighted by Crippen LogP contribution is -2.55. The Bertz CT molecular complexity index is 1780. The number of morpholine rings is 1. The van der Waals surface area contributed by atoms with Crippen molar-refractivity contribution < 1.29 is 19.4 Å². The molecule has 6 heterocycles. The molecule has 1 saturated heterocycles. The number of nitrogens with zero attached hydrogens (tertiary/aromatic N) is 5. The number of fused-ring (bicyclic) bond motifs is 5. The fourth-order valence-electron chi connectivity index (χ4n) is 5.12. The first-order chi connectivity index (χ1) is 18.7. The van der Waals surface area contributed by atoms with Gasteiger partial charge in [0.1, 0.15) is 21.3 Å². The van der Waals surface area contributed by atoms with Gasteiger partial charge in [-0.15, -0.1) is 11.3 Å². The normalized spacial score (nSPS) is 17.7. The SMILES string of the molecule is COc1ncccc1-c1cn2nc3c4ncc(NC(=O)CN5C[C@H](CO)OC(C)(C)C5)cc4[nH]c(=O)c3c2s1. The van der Waals surface area contributed by atoms with E-state index in [1.807, 2.05) is 37.1 Å². The molecule has 3 N–H and O–H groups in total. The van der Waals surface area contributed by atoms with Crippen LogP contribution in [0.2, 0.25) is 0 Å². The summed E-state index contributed by atoms with van der Waals surface area (Å²) in [5.74, 6) is 0.266. The van der Waals surface area contributed by atoms with Gasteiger partial charge < -0.3 is 24.9 Å². The van der Waals surface area contributed by atoms with Gasteiger partial charge in [-0.05, 0) is 32.0 Å². The zero-order valence-electron chi connectivity index (χ0n) is 21.6. The molecule has 1 fully saturated rings. The Labute approximate surface area is 226 Å². The third-order valence-electron chi connectivity index (χ3n) is 6.54. The molecule has 13 heteroatoms. The van der Waals surface area contributed by atoms with E-state index in [0.29, 0.717) is 51.4 Å². The number of hydrogen-bond acceptors (Lipinski definition) is 10. The standard InChI is InChI=1S/C26H27N7O5S/c1-26(2)13-32(9-15(12-34)38-26)11-19(35)29-14-7-17-21(28-8-14)22-20(23(36)30-17)25-33(31-22)10-18(39-25)16-5-4-6-27-24(16)37-3/h4-8,10,15,34H,9,11-13H2,1-3H3,(H,29,35)(H,30,36)/t15-/m1/s1. The lowest BCUT2D eigenvalue weighted by molar-refractivity contribution is -0.151. The van der Waals surface area contributed by atoms with Crippen molar-refractivity contribution in [2.75, 3.05) is 38.7 Å². The first kappa shape index (κ1) is 25.4. The summed E-state index contributed by atoms with van der Waals surface area (Å²) in [6.07, 6.45) is 4.71. The molecule has 1 atom stereocenters. The van der Waals surface area contributed by atoms with Crippen LogP contribution in [0.1, 0.15) is 13.8 Å². The summed E-state index contributed by atoms with van der Waals surface area (Å²) in [6, 6.07) is 5.41. The molecule has 1 aliphatic rings. The molecule has 202 valence electrons. The van der Waals surface area contributed by atoms with Gasteiger partial charge in [0.05, 0.1) is 59.8 Å². The zero-order chi connectivity index (χ0) is 27.3. The van der Waals surface area contributed by atoms with Gasteiger partial charge >= 0.3 is 0 Å². The molecular formula is C26H27N7O5S. The summed E-state index contributed by atoms with van der Waals surface area (Å²) in [7, 11) is 1.56. The monoisotopic (exact) mass is 549 g/mol. The number of nitrogens with one attached hydrogen (secondary N) is 2. The van der Waals surface area contributed by atoms with E-state index in [0.717, 1.165) is 10.4 Å². The number of carbonyl (C=O) groups is 1. The number of anilines is 1. The Balaban J connectivity index is 1.28. The second kappa shape index (κ2) is 9.68. The van der Waals surface area contributed by atoms with Crippen LogP contribution in [0.15, 0.2) is 41.6 Å². The lowest BCUT2D eigenvalue weighted by Gasteiger charge is -2.41. The number of ether oxygens (including phenoxy) is 2. The number of rotatable bonds is 6. The minimum atomic E-state index is -0.468. The topological polar surface area (TPSA) is 147 Å². The molecule has 0 unspecified atom stereocenters. The Morgan fingerprint density at radius 2 is 2.21 bits per heavy atom.